The summed E-state index contributed by atoms with van der Waals surface area (Å²) in [4.78, 5) is 2.41. The monoisotopic (exact) mass is 301 g/mol. The van der Waals surface area contributed by atoms with Crippen molar-refractivity contribution in [3.63, 3.8) is 0 Å². The van der Waals surface area contributed by atoms with Gasteiger partial charge in [0.25, 0.3) is 0 Å². The summed E-state index contributed by atoms with van der Waals surface area (Å²) >= 11 is 12.2. The molecule has 0 aromatic heterocycles. The highest BCUT2D eigenvalue weighted by Gasteiger charge is 2.32. The fourth-order valence-electron chi connectivity index (χ4n) is 2.73. The van der Waals surface area contributed by atoms with E-state index in [9.17, 15) is 5.11 Å². The molecule has 19 heavy (non-hydrogen) atoms. The lowest BCUT2D eigenvalue weighted by Crippen LogP contribution is -2.45. The summed E-state index contributed by atoms with van der Waals surface area (Å²) in [6.45, 7) is 5.23. The van der Waals surface area contributed by atoms with E-state index in [4.69, 9.17) is 23.2 Å². The molecule has 0 aliphatic carbocycles. The van der Waals surface area contributed by atoms with Crippen molar-refractivity contribution in [3.05, 3.63) is 33.8 Å². The first kappa shape index (κ1) is 15.1. The molecule has 0 bridgehead atoms. The predicted molar refractivity (Wildman–Crippen MR) is 81.1 cm³/mol. The van der Waals surface area contributed by atoms with Crippen LogP contribution in [0.3, 0.4) is 0 Å². The van der Waals surface area contributed by atoms with Crippen molar-refractivity contribution in [2.75, 3.05) is 19.6 Å². The topological polar surface area (TPSA) is 23.5 Å². The first-order valence-electron chi connectivity index (χ1n) is 6.92. The average molecular weight is 302 g/mol. The molecule has 0 unspecified atom stereocenters. The van der Waals surface area contributed by atoms with E-state index in [-0.39, 0.29) is 0 Å². The zero-order valence-electron chi connectivity index (χ0n) is 11.3. The van der Waals surface area contributed by atoms with E-state index in [0.29, 0.717) is 16.5 Å². The molecular formula is C15H21Cl2NO. The van der Waals surface area contributed by atoms with Crippen molar-refractivity contribution in [3.8, 4) is 0 Å². The number of halogens is 2. The second-order valence-corrected chi connectivity index (χ2v) is 6.24. The van der Waals surface area contributed by atoms with Crippen LogP contribution in [0.25, 0.3) is 0 Å². The number of hydrogen-bond acceptors (Lipinski definition) is 2. The molecule has 106 valence electrons. The fraction of sp³-hybridized carbons (Fsp3) is 0.600. The molecule has 0 atom stereocenters. The van der Waals surface area contributed by atoms with Crippen LogP contribution in [0.1, 0.15) is 31.7 Å². The summed E-state index contributed by atoms with van der Waals surface area (Å²) in [6, 6.07) is 5.62. The molecule has 4 heteroatoms. The van der Waals surface area contributed by atoms with E-state index in [0.717, 1.165) is 38.0 Å². The summed E-state index contributed by atoms with van der Waals surface area (Å²) in [5.74, 6) is 0. The lowest BCUT2D eigenvalue weighted by molar-refractivity contribution is -0.0204. The van der Waals surface area contributed by atoms with E-state index in [2.05, 4.69) is 11.8 Å². The van der Waals surface area contributed by atoms with Crippen LogP contribution in [0, 0.1) is 0 Å². The summed E-state index contributed by atoms with van der Waals surface area (Å²) in [6.07, 6.45) is 3.36. The zero-order chi connectivity index (χ0) is 13.9. The van der Waals surface area contributed by atoms with Gasteiger partial charge in [-0.2, -0.15) is 0 Å². The molecule has 1 heterocycles. The normalized spacial score (nSPS) is 19.6. The van der Waals surface area contributed by atoms with Crippen LogP contribution in [0.15, 0.2) is 18.2 Å². The van der Waals surface area contributed by atoms with Crippen LogP contribution in [-0.4, -0.2) is 35.2 Å². The van der Waals surface area contributed by atoms with Crippen LogP contribution in [0.2, 0.25) is 10.0 Å². The van der Waals surface area contributed by atoms with Gasteiger partial charge in [0.1, 0.15) is 0 Å². The van der Waals surface area contributed by atoms with Crippen molar-refractivity contribution in [1.82, 2.24) is 4.90 Å². The minimum Gasteiger partial charge on any atom is -0.389 e. The van der Waals surface area contributed by atoms with Crippen LogP contribution >= 0.6 is 23.2 Å². The second kappa shape index (κ2) is 6.45. The smallest absolute Gasteiger partial charge is 0.0712 e. The number of hydrogen-bond donors (Lipinski definition) is 1. The Morgan fingerprint density at radius 2 is 1.95 bits per heavy atom. The van der Waals surface area contributed by atoms with Crippen molar-refractivity contribution in [1.29, 1.82) is 0 Å². The van der Waals surface area contributed by atoms with Gasteiger partial charge in [-0.1, -0.05) is 42.3 Å². The number of piperidine rings is 1. The molecule has 1 fully saturated rings. The SMILES string of the molecule is CCCN1CCC(O)(Cc2cccc(Cl)c2Cl)CC1. The van der Waals surface area contributed by atoms with Gasteiger partial charge in [0.2, 0.25) is 0 Å². The predicted octanol–water partition coefficient (Wildman–Crippen LogP) is 3.77. The van der Waals surface area contributed by atoms with Crippen LogP contribution in [-0.2, 0) is 6.42 Å². The second-order valence-electron chi connectivity index (χ2n) is 5.46. The minimum absolute atomic E-state index is 0.561. The van der Waals surface area contributed by atoms with Gasteiger partial charge in [-0.25, -0.2) is 0 Å². The lowest BCUT2D eigenvalue weighted by Gasteiger charge is -2.38. The molecule has 1 aliphatic heterocycles. The molecule has 2 rings (SSSR count). The fourth-order valence-corrected chi connectivity index (χ4v) is 3.11. The zero-order valence-corrected chi connectivity index (χ0v) is 12.8. The molecule has 1 aromatic rings. The Bertz CT molecular complexity index is 428. The Morgan fingerprint density at radius 3 is 2.58 bits per heavy atom. The van der Waals surface area contributed by atoms with Crippen molar-refractivity contribution >= 4 is 23.2 Å². The average Bonchev–Trinajstić information content (AvgIpc) is 2.38. The van der Waals surface area contributed by atoms with E-state index in [1.807, 2.05) is 12.1 Å². The Morgan fingerprint density at radius 1 is 1.26 bits per heavy atom. The molecule has 0 spiro atoms. The number of aliphatic hydroxyl groups is 1. The summed E-state index contributed by atoms with van der Waals surface area (Å²) in [5.41, 5.74) is 0.305. The third-order valence-corrected chi connectivity index (χ3v) is 4.74. The molecule has 0 saturated carbocycles. The van der Waals surface area contributed by atoms with Gasteiger partial charge >= 0.3 is 0 Å². The molecule has 1 aromatic carbocycles. The highest BCUT2D eigenvalue weighted by molar-refractivity contribution is 6.42. The Hall–Kier alpha value is -0.280. The van der Waals surface area contributed by atoms with Crippen LogP contribution < -0.4 is 0 Å². The number of benzene rings is 1. The maximum atomic E-state index is 10.7. The largest absolute Gasteiger partial charge is 0.389 e. The molecule has 1 N–H and O–H groups in total. The standard InChI is InChI=1S/C15H21Cl2NO/c1-2-8-18-9-6-15(19,7-10-18)11-12-4-3-5-13(16)14(12)17/h3-5,19H,2,6-11H2,1H3. The molecule has 0 radical (unpaired) electrons. The number of likely N-dealkylation sites (tertiary alicyclic amines) is 1. The van der Waals surface area contributed by atoms with Gasteiger partial charge < -0.3 is 10.0 Å². The third-order valence-electron chi connectivity index (χ3n) is 3.88. The molecule has 2 nitrogen and oxygen atoms in total. The minimum atomic E-state index is -0.640. The van der Waals surface area contributed by atoms with Gasteiger partial charge in [0.15, 0.2) is 0 Å². The van der Waals surface area contributed by atoms with E-state index in [1.165, 1.54) is 6.42 Å². The van der Waals surface area contributed by atoms with Gasteiger partial charge in [-0.3, -0.25) is 0 Å². The van der Waals surface area contributed by atoms with Gasteiger partial charge in [-0.05, 0) is 37.4 Å². The van der Waals surface area contributed by atoms with Gasteiger partial charge in [0.05, 0.1) is 15.6 Å². The number of nitrogens with zero attached hydrogens (tertiary/aromatic N) is 1. The molecular weight excluding hydrogens is 281 g/mol. The van der Waals surface area contributed by atoms with E-state index >= 15 is 0 Å². The maximum absolute atomic E-state index is 10.7. The molecule has 0 amide bonds. The Kier molecular flexibility index (Phi) is 5.13. The Balaban J connectivity index is 2.01. The number of rotatable bonds is 4. The highest BCUT2D eigenvalue weighted by atomic mass is 35.5. The van der Waals surface area contributed by atoms with Crippen LogP contribution in [0.4, 0.5) is 0 Å². The maximum Gasteiger partial charge on any atom is 0.0712 e. The quantitative estimate of drug-likeness (QED) is 0.915. The summed E-state index contributed by atoms with van der Waals surface area (Å²) in [7, 11) is 0. The third kappa shape index (κ3) is 3.85. The first-order chi connectivity index (χ1) is 9.04. The van der Waals surface area contributed by atoms with E-state index < -0.39 is 5.60 Å². The van der Waals surface area contributed by atoms with Crippen LogP contribution in [0.5, 0.6) is 0 Å². The van der Waals surface area contributed by atoms with Crippen molar-refractivity contribution < 1.29 is 5.11 Å². The molecule has 1 saturated heterocycles. The van der Waals surface area contributed by atoms with Crippen molar-refractivity contribution in [2.45, 2.75) is 38.2 Å². The summed E-state index contributed by atoms with van der Waals surface area (Å²) < 4.78 is 0. The molecule has 1 aliphatic rings. The first-order valence-corrected chi connectivity index (χ1v) is 7.67. The highest BCUT2D eigenvalue weighted by Crippen LogP contribution is 2.32. The lowest BCUT2D eigenvalue weighted by atomic mass is 9.85. The van der Waals surface area contributed by atoms with Gasteiger partial charge in [-0.15, -0.1) is 0 Å². The Labute approximate surface area is 125 Å². The summed E-state index contributed by atoms with van der Waals surface area (Å²) in [5, 5.41) is 11.8. The van der Waals surface area contributed by atoms with Gasteiger partial charge in [0, 0.05) is 19.5 Å². The van der Waals surface area contributed by atoms with Crippen molar-refractivity contribution in [2.24, 2.45) is 0 Å². The van der Waals surface area contributed by atoms with E-state index in [1.54, 1.807) is 6.07 Å².